The second-order valence-electron chi connectivity index (χ2n) is 2.92. The maximum Gasteiger partial charge on any atom is 0.0967 e. The van der Waals surface area contributed by atoms with Crippen molar-refractivity contribution in [1.82, 2.24) is 5.32 Å². The Morgan fingerprint density at radius 2 is 2.15 bits per heavy atom. The van der Waals surface area contributed by atoms with Gasteiger partial charge in [-0.25, -0.2) is 0 Å². The molecular formula is C10H6N3. The van der Waals surface area contributed by atoms with Crippen molar-refractivity contribution in [2.24, 2.45) is 10.2 Å². The third kappa shape index (κ3) is 0.839. The lowest BCUT2D eigenvalue weighted by Gasteiger charge is -2.04. The molecule has 0 aliphatic carbocycles. The highest BCUT2D eigenvalue weighted by atomic mass is 15.2. The first kappa shape index (κ1) is 6.60. The Labute approximate surface area is 74.8 Å². The van der Waals surface area contributed by atoms with Crippen LogP contribution < -0.4 is 15.9 Å². The summed E-state index contributed by atoms with van der Waals surface area (Å²) in [6, 6.07) is 3.98. The molecule has 3 heteroatoms. The summed E-state index contributed by atoms with van der Waals surface area (Å²) in [5.41, 5.74) is 2.00. The molecule has 0 N–H and O–H groups in total. The fourth-order valence-corrected chi connectivity index (χ4v) is 1.52. The lowest BCUT2D eigenvalue weighted by Crippen LogP contribution is -2.19. The van der Waals surface area contributed by atoms with E-state index in [9.17, 15) is 0 Å². The number of hydrogen-bond acceptors (Lipinski definition) is 2. The molecule has 0 aromatic heterocycles. The summed E-state index contributed by atoms with van der Waals surface area (Å²) in [5, 5.41) is 14.2. The molecule has 0 saturated carbocycles. The van der Waals surface area contributed by atoms with Crippen LogP contribution in [0.2, 0.25) is 0 Å². The highest BCUT2D eigenvalue weighted by molar-refractivity contribution is 5.88. The lowest BCUT2D eigenvalue weighted by molar-refractivity contribution is 1.13. The van der Waals surface area contributed by atoms with Crippen LogP contribution in [0.15, 0.2) is 34.6 Å². The largest absolute Gasteiger partial charge is 0.255 e. The van der Waals surface area contributed by atoms with E-state index in [1.165, 1.54) is 0 Å². The van der Waals surface area contributed by atoms with E-state index in [0.717, 1.165) is 21.8 Å². The molecule has 0 spiro atoms. The van der Waals surface area contributed by atoms with Gasteiger partial charge < -0.3 is 0 Å². The summed E-state index contributed by atoms with van der Waals surface area (Å²) < 4.78 is 0. The molecule has 1 aromatic rings. The number of allylic oxidation sites excluding steroid dienone is 1. The van der Waals surface area contributed by atoms with Crippen LogP contribution in [0.4, 0.5) is 5.69 Å². The zero-order valence-corrected chi connectivity index (χ0v) is 6.81. The Balaban J connectivity index is 2.47. The van der Waals surface area contributed by atoms with Crippen LogP contribution in [-0.2, 0) is 0 Å². The minimum atomic E-state index is 0.909. The number of hydrogen-bond donors (Lipinski definition) is 0. The van der Waals surface area contributed by atoms with Crippen LogP contribution in [-0.4, -0.2) is 6.21 Å². The van der Waals surface area contributed by atoms with Gasteiger partial charge in [0.05, 0.1) is 17.3 Å². The quantitative estimate of drug-likeness (QED) is 0.530. The van der Waals surface area contributed by atoms with Gasteiger partial charge in [0, 0.05) is 17.0 Å². The second kappa shape index (κ2) is 2.29. The smallest absolute Gasteiger partial charge is 0.0967 e. The molecule has 61 valence electrons. The maximum atomic E-state index is 4.30. The van der Waals surface area contributed by atoms with E-state index in [4.69, 9.17) is 0 Å². The standard InChI is InChI=1S/C10H6N3/c1-2-7-3-4-9-8(6-12-13-9)10(7)11-5-1/h1-6H. The van der Waals surface area contributed by atoms with Crippen LogP contribution in [0.3, 0.4) is 0 Å². The average molecular weight is 168 g/mol. The molecule has 0 fully saturated rings. The average Bonchev–Trinajstić information content (AvgIpc) is 2.65. The van der Waals surface area contributed by atoms with E-state index >= 15 is 0 Å². The summed E-state index contributed by atoms with van der Waals surface area (Å²) >= 11 is 0. The normalized spacial score (nSPS) is 15.4. The molecule has 0 atom stereocenters. The topological polar surface area (TPSA) is 38.8 Å². The zero-order valence-electron chi connectivity index (χ0n) is 6.81. The van der Waals surface area contributed by atoms with Crippen LogP contribution in [0, 0.1) is 0 Å². The monoisotopic (exact) mass is 168 g/mol. The van der Waals surface area contributed by atoms with Crippen LogP contribution in [0.25, 0.3) is 6.08 Å². The van der Waals surface area contributed by atoms with Gasteiger partial charge in [-0.15, -0.1) is 0 Å². The molecule has 2 aliphatic heterocycles. The van der Waals surface area contributed by atoms with E-state index in [-0.39, 0.29) is 0 Å². The summed E-state index contributed by atoms with van der Waals surface area (Å²) in [5.74, 6) is 0. The summed E-state index contributed by atoms with van der Waals surface area (Å²) in [7, 11) is 0. The molecule has 1 aromatic carbocycles. The maximum absolute atomic E-state index is 4.30. The van der Waals surface area contributed by atoms with E-state index in [0.29, 0.717) is 0 Å². The molecule has 13 heavy (non-hydrogen) atoms. The fourth-order valence-electron chi connectivity index (χ4n) is 1.52. The van der Waals surface area contributed by atoms with Gasteiger partial charge in [-0.3, -0.25) is 5.32 Å². The molecule has 3 rings (SSSR count). The highest BCUT2D eigenvalue weighted by Crippen LogP contribution is 2.08. The Morgan fingerprint density at radius 3 is 3.15 bits per heavy atom. The van der Waals surface area contributed by atoms with Crippen molar-refractivity contribution in [3.05, 3.63) is 40.5 Å². The van der Waals surface area contributed by atoms with Gasteiger partial charge in [-0.1, -0.05) is 12.1 Å². The van der Waals surface area contributed by atoms with Gasteiger partial charge in [0.2, 0.25) is 0 Å². The van der Waals surface area contributed by atoms with E-state index in [2.05, 4.69) is 15.5 Å². The van der Waals surface area contributed by atoms with Gasteiger partial charge in [0.25, 0.3) is 0 Å². The molecule has 3 nitrogen and oxygen atoms in total. The fraction of sp³-hybridized carbons (Fsp3) is 0. The van der Waals surface area contributed by atoms with Gasteiger partial charge >= 0.3 is 0 Å². The highest BCUT2D eigenvalue weighted by Gasteiger charge is 2.09. The minimum absolute atomic E-state index is 0.909. The summed E-state index contributed by atoms with van der Waals surface area (Å²) in [4.78, 5) is 0. The Bertz CT molecular complexity index is 538. The van der Waals surface area contributed by atoms with Crippen molar-refractivity contribution in [3.8, 4) is 0 Å². The van der Waals surface area contributed by atoms with Crippen molar-refractivity contribution in [2.75, 3.05) is 0 Å². The summed E-state index contributed by atoms with van der Waals surface area (Å²) in [6.07, 6.45) is 7.51. The molecule has 0 saturated heterocycles. The second-order valence-corrected chi connectivity index (χ2v) is 2.92. The molecule has 0 unspecified atom stereocenters. The first-order chi connectivity index (χ1) is 6.45. The summed E-state index contributed by atoms with van der Waals surface area (Å²) in [6.45, 7) is 0. The van der Waals surface area contributed by atoms with Crippen molar-refractivity contribution in [1.29, 1.82) is 0 Å². The van der Waals surface area contributed by atoms with E-state index < -0.39 is 0 Å². The van der Waals surface area contributed by atoms with Gasteiger partial charge in [-0.2, -0.15) is 10.2 Å². The van der Waals surface area contributed by atoms with Crippen LogP contribution in [0.5, 0.6) is 0 Å². The lowest BCUT2D eigenvalue weighted by atomic mass is 10.1. The minimum Gasteiger partial charge on any atom is -0.255 e. The number of rotatable bonds is 0. The van der Waals surface area contributed by atoms with Crippen molar-refractivity contribution in [2.45, 2.75) is 0 Å². The third-order valence-corrected chi connectivity index (χ3v) is 2.14. The Morgan fingerprint density at radius 1 is 1.15 bits per heavy atom. The van der Waals surface area contributed by atoms with Crippen molar-refractivity contribution < 1.29 is 0 Å². The first-order valence-corrected chi connectivity index (χ1v) is 4.07. The van der Waals surface area contributed by atoms with Gasteiger partial charge in [0.15, 0.2) is 0 Å². The van der Waals surface area contributed by atoms with Crippen LogP contribution >= 0.6 is 0 Å². The third-order valence-electron chi connectivity index (χ3n) is 2.14. The molecule has 1 radical (unpaired) electrons. The van der Waals surface area contributed by atoms with E-state index in [1.54, 1.807) is 12.4 Å². The molecule has 0 bridgehead atoms. The Kier molecular flexibility index (Phi) is 1.16. The number of fused-ring (bicyclic) bond motifs is 3. The first-order valence-electron chi connectivity index (χ1n) is 4.07. The van der Waals surface area contributed by atoms with Gasteiger partial charge in [-0.05, 0) is 12.1 Å². The number of nitrogens with zero attached hydrogens (tertiary/aromatic N) is 3. The number of benzene rings is 1. The predicted octanol–water partition coefficient (Wildman–Crippen LogP) is 0.197. The molecule has 0 amide bonds. The van der Waals surface area contributed by atoms with Crippen molar-refractivity contribution >= 4 is 18.0 Å². The predicted molar refractivity (Wildman–Crippen MR) is 50.2 cm³/mol. The van der Waals surface area contributed by atoms with E-state index in [1.807, 2.05) is 24.3 Å². The Hall–Kier alpha value is -1.90. The van der Waals surface area contributed by atoms with Gasteiger partial charge in [0.1, 0.15) is 0 Å². The molecular weight excluding hydrogens is 162 g/mol. The SMILES string of the molecule is C1=C[N]c2c3c(ccc2=C1)=NN=C3. The molecule has 2 aliphatic rings. The van der Waals surface area contributed by atoms with Crippen molar-refractivity contribution in [3.63, 3.8) is 0 Å². The zero-order chi connectivity index (χ0) is 8.67. The van der Waals surface area contributed by atoms with Crippen LogP contribution in [0.1, 0.15) is 5.56 Å². The molecule has 2 heterocycles.